The van der Waals surface area contributed by atoms with E-state index in [-0.39, 0.29) is 6.17 Å². The number of rotatable bonds is 3. The summed E-state index contributed by atoms with van der Waals surface area (Å²) in [5, 5.41) is 1.19. The fraction of sp³-hybridized carbons (Fsp3) is 0.280. The Kier molecular flexibility index (Phi) is 4.76. The van der Waals surface area contributed by atoms with E-state index in [1.165, 1.54) is 10.9 Å². The summed E-state index contributed by atoms with van der Waals surface area (Å²) in [6.45, 7) is 18.6. The number of anilines is 1. The number of pyridine rings is 1. The van der Waals surface area contributed by atoms with Crippen LogP contribution in [0.25, 0.3) is 21.4 Å². The largest absolute Gasteiger partial charge is 0.353 e. The van der Waals surface area contributed by atoms with E-state index in [1.54, 1.807) is 0 Å². The molecular weight excluding hydrogens is 356 g/mol. The molecule has 0 saturated heterocycles. The van der Waals surface area contributed by atoms with Gasteiger partial charge in [0.05, 0.1) is 6.57 Å². The van der Waals surface area contributed by atoms with Crippen LogP contribution in [0.5, 0.6) is 0 Å². The molecule has 0 radical (unpaired) electrons. The highest BCUT2D eigenvalue weighted by molar-refractivity contribution is 5.77. The molecule has 29 heavy (non-hydrogen) atoms. The van der Waals surface area contributed by atoms with Gasteiger partial charge in [-0.25, -0.2) is 4.85 Å². The molecule has 4 nitrogen and oxygen atoms in total. The van der Waals surface area contributed by atoms with Gasteiger partial charge in [-0.05, 0) is 45.9 Å². The third-order valence-electron chi connectivity index (χ3n) is 5.85. The maximum absolute atomic E-state index is 7.68. The number of aromatic nitrogens is 1. The van der Waals surface area contributed by atoms with Crippen molar-refractivity contribution in [3.63, 3.8) is 0 Å². The van der Waals surface area contributed by atoms with E-state index >= 15 is 0 Å². The third kappa shape index (κ3) is 3.13. The zero-order chi connectivity index (χ0) is 20.7. The molecule has 2 heterocycles. The molecule has 0 spiro atoms. The molecule has 0 saturated carbocycles. The smallest absolute Gasteiger partial charge is 0.218 e. The highest BCUT2D eigenvalue weighted by atomic mass is 15.4. The molecular formula is C25H27N4+. The van der Waals surface area contributed by atoms with Gasteiger partial charge in [-0.1, -0.05) is 12.1 Å². The first kappa shape index (κ1) is 19.0. The van der Waals surface area contributed by atoms with Crippen molar-refractivity contribution in [1.29, 1.82) is 0 Å². The van der Waals surface area contributed by atoms with Crippen LogP contribution in [0.3, 0.4) is 0 Å². The van der Waals surface area contributed by atoms with Crippen molar-refractivity contribution >= 4 is 22.3 Å². The van der Waals surface area contributed by atoms with Gasteiger partial charge in [-0.2, -0.15) is 4.57 Å². The molecule has 2 aromatic carbocycles. The summed E-state index contributed by atoms with van der Waals surface area (Å²) in [5.74, 6) is 0. The summed E-state index contributed by atoms with van der Waals surface area (Å²) < 4.78 is 2.27. The van der Waals surface area contributed by atoms with E-state index in [1.807, 2.05) is 12.1 Å². The molecule has 146 valence electrons. The van der Waals surface area contributed by atoms with Crippen molar-refractivity contribution in [2.75, 3.05) is 4.90 Å². The first-order valence-electron chi connectivity index (χ1n) is 10.1. The summed E-state index contributed by atoms with van der Waals surface area (Å²) >= 11 is 0. The van der Waals surface area contributed by atoms with Crippen LogP contribution in [0.1, 0.15) is 32.0 Å². The summed E-state index contributed by atoms with van der Waals surface area (Å²) in [7, 11) is 0. The molecule has 4 heteroatoms. The van der Waals surface area contributed by atoms with Crippen LogP contribution in [0.15, 0.2) is 60.9 Å². The highest BCUT2D eigenvalue weighted by Gasteiger charge is 2.29. The Morgan fingerprint density at radius 3 is 2.48 bits per heavy atom. The summed E-state index contributed by atoms with van der Waals surface area (Å²) in [6, 6.07) is 17.1. The average molecular weight is 384 g/mol. The van der Waals surface area contributed by atoms with Gasteiger partial charge < -0.3 is 9.80 Å². The lowest BCUT2D eigenvalue weighted by Gasteiger charge is -2.33. The minimum Gasteiger partial charge on any atom is -0.353 e. The fourth-order valence-corrected chi connectivity index (χ4v) is 4.29. The monoisotopic (exact) mass is 383 g/mol. The van der Waals surface area contributed by atoms with Crippen LogP contribution in [0.4, 0.5) is 11.4 Å². The van der Waals surface area contributed by atoms with Gasteiger partial charge in [-0.15, -0.1) is 0 Å². The van der Waals surface area contributed by atoms with E-state index in [0.717, 1.165) is 22.6 Å². The van der Waals surface area contributed by atoms with Crippen molar-refractivity contribution in [3.8, 4) is 5.69 Å². The molecule has 4 rings (SSSR count). The van der Waals surface area contributed by atoms with E-state index in [4.69, 9.17) is 6.57 Å². The number of fused-ring (bicyclic) bond motifs is 1. The number of aryl methyl sites for hydroxylation is 1. The number of hydrogen-bond acceptors (Lipinski definition) is 2. The summed E-state index contributed by atoms with van der Waals surface area (Å²) in [5.41, 5.74) is 6.27. The molecule has 0 fully saturated rings. The molecule has 0 N–H and O–H groups in total. The molecule has 0 bridgehead atoms. The lowest BCUT2D eigenvalue weighted by atomic mass is 10.1. The molecule has 1 atom stereocenters. The molecule has 3 aromatic rings. The Morgan fingerprint density at radius 2 is 1.79 bits per heavy atom. The van der Waals surface area contributed by atoms with Crippen molar-refractivity contribution in [3.05, 3.63) is 83.6 Å². The van der Waals surface area contributed by atoms with E-state index in [2.05, 4.69) is 103 Å². The van der Waals surface area contributed by atoms with Crippen LogP contribution < -0.4 is 9.47 Å². The predicted octanol–water partition coefficient (Wildman–Crippen LogP) is 5.63. The fourth-order valence-electron chi connectivity index (χ4n) is 4.29. The maximum Gasteiger partial charge on any atom is 0.218 e. The number of nitrogens with zero attached hydrogens (tertiary/aromatic N) is 4. The molecule has 1 aliphatic heterocycles. The number of hydrogen-bond donors (Lipinski definition) is 0. The van der Waals surface area contributed by atoms with Gasteiger partial charge >= 0.3 is 0 Å². The quantitative estimate of drug-likeness (QED) is 0.430. The lowest BCUT2D eigenvalue weighted by molar-refractivity contribution is -0.574. The Hall–Kier alpha value is -3.32. The van der Waals surface area contributed by atoms with Gasteiger partial charge in [0.1, 0.15) is 6.17 Å². The van der Waals surface area contributed by atoms with E-state index < -0.39 is 0 Å². The zero-order valence-electron chi connectivity index (χ0n) is 17.7. The van der Waals surface area contributed by atoms with Crippen LogP contribution in [0.2, 0.25) is 0 Å². The maximum atomic E-state index is 7.68. The molecule has 0 unspecified atom stereocenters. The SMILES string of the molecule is [C-]#[N+]c1cc(N2C=CN(C(C)C)[C@H]2C)c(C)c(-[n+]2c(C)ccc3ccccc32)c1. The summed E-state index contributed by atoms with van der Waals surface area (Å²) in [4.78, 5) is 8.40. The minimum atomic E-state index is 0.209. The lowest BCUT2D eigenvalue weighted by Crippen LogP contribution is -2.40. The molecule has 1 aliphatic rings. The van der Waals surface area contributed by atoms with Crippen molar-refractivity contribution < 1.29 is 4.57 Å². The van der Waals surface area contributed by atoms with Gasteiger partial charge in [0.2, 0.25) is 11.2 Å². The second-order valence-corrected chi connectivity index (χ2v) is 7.97. The predicted molar refractivity (Wildman–Crippen MR) is 119 cm³/mol. The second-order valence-electron chi connectivity index (χ2n) is 7.97. The Bertz CT molecular complexity index is 1150. The van der Waals surface area contributed by atoms with Crippen LogP contribution in [0, 0.1) is 20.4 Å². The standard InChI is InChI=1S/C25H27N4/c1-17(2)27-13-14-28(20(27)5)24-15-22(26-6)16-25(19(24)4)29-18(3)11-12-21-9-7-8-10-23(21)29/h7-17,20H,1-5H3/q+1/t20-/m1/s1. The van der Waals surface area contributed by atoms with Crippen LogP contribution in [-0.4, -0.2) is 17.1 Å². The normalized spacial score (nSPS) is 16.1. The highest BCUT2D eigenvalue weighted by Crippen LogP contribution is 2.35. The molecule has 0 amide bonds. The number of para-hydroxylation sites is 1. The first-order chi connectivity index (χ1) is 13.9. The molecule has 0 aliphatic carbocycles. The Balaban J connectivity index is 1.94. The minimum absolute atomic E-state index is 0.209. The third-order valence-corrected chi connectivity index (χ3v) is 5.85. The average Bonchev–Trinajstić information content (AvgIpc) is 3.10. The molecule has 1 aromatic heterocycles. The van der Waals surface area contributed by atoms with Crippen LogP contribution in [-0.2, 0) is 0 Å². The van der Waals surface area contributed by atoms with Crippen molar-refractivity contribution in [2.24, 2.45) is 0 Å². The zero-order valence-corrected chi connectivity index (χ0v) is 17.7. The number of benzene rings is 2. The van der Waals surface area contributed by atoms with E-state index in [0.29, 0.717) is 11.7 Å². The van der Waals surface area contributed by atoms with Gasteiger partial charge in [0.25, 0.3) is 0 Å². The second kappa shape index (κ2) is 7.25. The first-order valence-corrected chi connectivity index (χ1v) is 10.1. The van der Waals surface area contributed by atoms with Gasteiger partial charge in [-0.3, -0.25) is 0 Å². The summed E-state index contributed by atoms with van der Waals surface area (Å²) in [6.07, 6.45) is 4.49. The Labute approximate surface area is 173 Å². The topological polar surface area (TPSA) is 14.7 Å². The van der Waals surface area contributed by atoms with Crippen molar-refractivity contribution in [1.82, 2.24) is 4.90 Å². The van der Waals surface area contributed by atoms with Crippen molar-refractivity contribution in [2.45, 2.75) is 46.8 Å². The van der Waals surface area contributed by atoms with Crippen LogP contribution >= 0.6 is 0 Å². The van der Waals surface area contributed by atoms with E-state index in [9.17, 15) is 0 Å². The van der Waals surface area contributed by atoms with Gasteiger partial charge in [0, 0.05) is 60.2 Å². The Morgan fingerprint density at radius 1 is 1.03 bits per heavy atom. The van der Waals surface area contributed by atoms with Gasteiger partial charge in [0.15, 0.2) is 11.4 Å².